The molecule has 6 nitrogen and oxygen atoms in total. The lowest BCUT2D eigenvalue weighted by atomic mass is 9.90. The van der Waals surface area contributed by atoms with Crippen molar-refractivity contribution < 1.29 is 17.6 Å². The summed E-state index contributed by atoms with van der Waals surface area (Å²) in [6, 6.07) is 29.8. The lowest BCUT2D eigenvalue weighted by molar-refractivity contribution is -0.120. The van der Waals surface area contributed by atoms with Crippen LogP contribution < -0.4 is 10.3 Å². The zero-order valence-corrected chi connectivity index (χ0v) is 19.4. The standard InChI is InChI=1S/C28H21NO5S/c30-27-15-12-23-18-24(13-14-26(23)34-27)35(32,33)29-28(31)25(16-19-6-2-1-3-7-19)22-11-10-20-8-4-5-9-21(20)17-22/h1-15,17-18,25H,16H2,(H,29,31). The number of carbonyl (C=O) groups excluding carboxylic acids is 1. The molecule has 0 aliphatic rings. The summed E-state index contributed by atoms with van der Waals surface area (Å²) in [5.41, 5.74) is 1.38. The van der Waals surface area contributed by atoms with Crippen LogP contribution in [0.4, 0.5) is 0 Å². The van der Waals surface area contributed by atoms with Crippen LogP contribution in [-0.4, -0.2) is 14.3 Å². The second-order valence-corrected chi connectivity index (χ2v) is 9.96. The van der Waals surface area contributed by atoms with Crippen LogP contribution in [0.5, 0.6) is 0 Å². The van der Waals surface area contributed by atoms with E-state index >= 15 is 0 Å². The molecule has 1 atom stereocenters. The molecule has 0 saturated heterocycles. The number of nitrogens with one attached hydrogen (secondary N) is 1. The SMILES string of the molecule is O=C(NS(=O)(=O)c1ccc2oc(=O)ccc2c1)C(Cc1ccccc1)c1ccc2ccccc2c1. The van der Waals surface area contributed by atoms with Crippen molar-refractivity contribution in [3.8, 4) is 0 Å². The average molecular weight is 484 g/mol. The summed E-state index contributed by atoms with van der Waals surface area (Å²) in [7, 11) is -4.17. The molecule has 0 aliphatic carbocycles. The highest BCUT2D eigenvalue weighted by atomic mass is 32.2. The Balaban J connectivity index is 1.49. The molecular formula is C28H21NO5S. The van der Waals surface area contributed by atoms with Crippen molar-refractivity contribution >= 4 is 37.7 Å². The lowest BCUT2D eigenvalue weighted by Crippen LogP contribution is -2.35. The van der Waals surface area contributed by atoms with E-state index in [-0.39, 0.29) is 10.5 Å². The molecule has 35 heavy (non-hydrogen) atoms. The molecule has 1 amide bonds. The summed E-state index contributed by atoms with van der Waals surface area (Å²) in [5.74, 6) is -1.35. The number of fused-ring (bicyclic) bond motifs is 2. The van der Waals surface area contributed by atoms with E-state index in [0.717, 1.165) is 21.9 Å². The first-order chi connectivity index (χ1) is 16.9. The predicted octanol–water partition coefficient (Wildman–Crippen LogP) is 4.78. The molecule has 1 N–H and O–H groups in total. The molecule has 5 rings (SSSR count). The minimum absolute atomic E-state index is 0.0934. The summed E-state index contributed by atoms with van der Waals surface area (Å²) in [6.45, 7) is 0. The molecule has 0 fully saturated rings. The fraction of sp³-hybridized carbons (Fsp3) is 0.0714. The van der Waals surface area contributed by atoms with Crippen LogP contribution in [0.25, 0.3) is 21.7 Å². The Bertz CT molecular complexity index is 1710. The molecule has 0 saturated carbocycles. The van der Waals surface area contributed by atoms with Gasteiger partial charge in [-0.1, -0.05) is 72.8 Å². The van der Waals surface area contributed by atoms with Crippen LogP contribution in [0, 0.1) is 0 Å². The van der Waals surface area contributed by atoms with Crippen molar-refractivity contribution in [1.29, 1.82) is 0 Å². The van der Waals surface area contributed by atoms with Gasteiger partial charge in [-0.2, -0.15) is 0 Å². The van der Waals surface area contributed by atoms with Crippen molar-refractivity contribution in [2.24, 2.45) is 0 Å². The smallest absolute Gasteiger partial charge is 0.336 e. The zero-order valence-electron chi connectivity index (χ0n) is 18.5. The van der Waals surface area contributed by atoms with Crippen molar-refractivity contribution in [3.63, 3.8) is 0 Å². The van der Waals surface area contributed by atoms with Gasteiger partial charge in [0, 0.05) is 11.5 Å². The largest absolute Gasteiger partial charge is 0.423 e. The van der Waals surface area contributed by atoms with Crippen LogP contribution in [0.1, 0.15) is 17.0 Å². The molecule has 7 heteroatoms. The van der Waals surface area contributed by atoms with Crippen LogP contribution in [0.3, 0.4) is 0 Å². The first-order valence-corrected chi connectivity index (χ1v) is 12.5. The topological polar surface area (TPSA) is 93.4 Å². The highest BCUT2D eigenvalue weighted by molar-refractivity contribution is 7.90. The van der Waals surface area contributed by atoms with Gasteiger partial charge < -0.3 is 4.42 Å². The van der Waals surface area contributed by atoms with Crippen molar-refractivity contribution in [1.82, 2.24) is 4.72 Å². The summed E-state index contributed by atoms with van der Waals surface area (Å²) in [4.78, 5) is 24.7. The number of carbonyl (C=O) groups is 1. The molecule has 1 unspecified atom stereocenters. The summed E-state index contributed by atoms with van der Waals surface area (Å²) in [5, 5.41) is 2.44. The van der Waals surface area contributed by atoms with E-state index in [4.69, 9.17) is 4.42 Å². The molecule has 0 bridgehead atoms. The Morgan fingerprint density at radius 2 is 1.49 bits per heavy atom. The molecular weight excluding hydrogens is 462 g/mol. The third-order valence-electron chi connectivity index (χ3n) is 5.91. The fourth-order valence-corrected chi connectivity index (χ4v) is 5.17. The second kappa shape index (κ2) is 9.19. The molecule has 0 aliphatic heterocycles. The van der Waals surface area contributed by atoms with Gasteiger partial charge in [0.2, 0.25) is 5.91 Å². The minimum atomic E-state index is -4.17. The first-order valence-electron chi connectivity index (χ1n) is 11.0. The molecule has 174 valence electrons. The Kier molecular flexibility index (Phi) is 5.93. The second-order valence-electron chi connectivity index (χ2n) is 8.27. The normalized spacial score (nSPS) is 12.5. The van der Waals surface area contributed by atoms with Gasteiger partial charge in [-0.25, -0.2) is 17.9 Å². The van der Waals surface area contributed by atoms with Gasteiger partial charge in [-0.3, -0.25) is 4.79 Å². The summed E-state index contributed by atoms with van der Waals surface area (Å²) < 4.78 is 33.6. The van der Waals surface area contributed by atoms with Gasteiger partial charge in [-0.15, -0.1) is 0 Å². The van der Waals surface area contributed by atoms with Crippen molar-refractivity contribution in [2.75, 3.05) is 0 Å². The number of hydrogen-bond acceptors (Lipinski definition) is 5. The van der Waals surface area contributed by atoms with Gasteiger partial charge in [0.05, 0.1) is 10.8 Å². The Hall–Kier alpha value is -4.23. The van der Waals surface area contributed by atoms with Gasteiger partial charge in [0.15, 0.2) is 0 Å². The monoisotopic (exact) mass is 483 g/mol. The Labute approximate surface area is 201 Å². The van der Waals surface area contributed by atoms with E-state index in [9.17, 15) is 18.0 Å². The fourth-order valence-electron chi connectivity index (χ4n) is 4.12. The quantitative estimate of drug-likeness (QED) is 0.351. The molecule has 0 radical (unpaired) electrons. The lowest BCUT2D eigenvalue weighted by Gasteiger charge is -2.18. The van der Waals surface area contributed by atoms with Crippen LogP contribution in [0.15, 0.2) is 117 Å². The van der Waals surface area contributed by atoms with Crippen molar-refractivity contribution in [3.05, 3.63) is 125 Å². The highest BCUT2D eigenvalue weighted by Crippen LogP contribution is 2.26. The average Bonchev–Trinajstić information content (AvgIpc) is 2.87. The van der Waals surface area contributed by atoms with Gasteiger partial charge in [0.25, 0.3) is 10.0 Å². The van der Waals surface area contributed by atoms with E-state index in [1.54, 1.807) is 0 Å². The van der Waals surface area contributed by atoms with Gasteiger partial charge in [0.1, 0.15) is 5.58 Å². The number of benzene rings is 4. The molecule has 1 heterocycles. The Morgan fingerprint density at radius 3 is 2.29 bits per heavy atom. The van der Waals surface area contributed by atoms with E-state index < -0.39 is 27.5 Å². The maximum atomic E-state index is 13.4. The summed E-state index contributed by atoms with van der Waals surface area (Å²) >= 11 is 0. The number of sulfonamides is 1. The predicted molar refractivity (Wildman–Crippen MR) is 135 cm³/mol. The number of amides is 1. The van der Waals surface area contributed by atoms with Crippen LogP contribution in [0.2, 0.25) is 0 Å². The van der Waals surface area contributed by atoms with E-state index in [2.05, 4.69) is 4.72 Å². The zero-order chi connectivity index (χ0) is 24.4. The number of hydrogen-bond donors (Lipinski definition) is 1. The van der Waals surface area contributed by atoms with E-state index in [1.807, 2.05) is 72.8 Å². The molecule has 0 spiro atoms. The highest BCUT2D eigenvalue weighted by Gasteiger charge is 2.27. The first kappa shape index (κ1) is 22.6. The van der Waals surface area contributed by atoms with Crippen molar-refractivity contribution in [2.45, 2.75) is 17.2 Å². The molecule has 4 aromatic carbocycles. The van der Waals surface area contributed by atoms with Gasteiger partial charge in [-0.05, 0) is 52.6 Å². The Morgan fingerprint density at radius 1 is 0.771 bits per heavy atom. The third-order valence-corrected chi connectivity index (χ3v) is 7.26. The van der Waals surface area contributed by atoms with Crippen LogP contribution >= 0.6 is 0 Å². The molecule has 5 aromatic rings. The van der Waals surface area contributed by atoms with E-state index in [0.29, 0.717) is 11.8 Å². The van der Waals surface area contributed by atoms with E-state index in [1.165, 1.54) is 30.3 Å². The minimum Gasteiger partial charge on any atom is -0.423 e. The third kappa shape index (κ3) is 4.85. The van der Waals surface area contributed by atoms with Gasteiger partial charge >= 0.3 is 5.63 Å². The number of rotatable bonds is 6. The molecule has 1 aromatic heterocycles. The summed E-state index contributed by atoms with van der Waals surface area (Å²) in [6.07, 6.45) is 0.337. The van der Waals surface area contributed by atoms with Crippen LogP contribution in [-0.2, 0) is 21.2 Å². The maximum Gasteiger partial charge on any atom is 0.336 e. The maximum absolute atomic E-state index is 13.4.